The highest BCUT2D eigenvalue weighted by Crippen LogP contribution is 2.49. The van der Waals surface area contributed by atoms with Crippen LogP contribution >= 0.6 is 0 Å². The van der Waals surface area contributed by atoms with Gasteiger partial charge in [0.15, 0.2) is 0 Å². The van der Waals surface area contributed by atoms with Gasteiger partial charge in [-0.25, -0.2) is 4.39 Å². The molecule has 0 unspecified atom stereocenters. The summed E-state index contributed by atoms with van der Waals surface area (Å²) in [7, 11) is 0. The lowest BCUT2D eigenvalue weighted by Crippen LogP contribution is -2.51. The zero-order chi connectivity index (χ0) is 11.1. The fourth-order valence-corrected chi connectivity index (χ4v) is 2.37. The summed E-state index contributed by atoms with van der Waals surface area (Å²) in [6, 6.07) is 8.16. The Balaban J connectivity index is 2.31. The number of nitrogens with zero attached hydrogens (tertiary/aromatic N) is 1. The van der Waals surface area contributed by atoms with E-state index in [0.717, 1.165) is 5.56 Å². The van der Waals surface area contributed by atoms with Gasteiger partial charge in [-0.2, -0.15) is 5.26 Å². The Hall–Kier alpha value is -1.40. The van der Waals surface area contributed by atoms with E-state index in [9.17, 15) is 9.50 Å². The molecule has 1 aliphatic rings. The molecule has 0 saturated heterocycles. The maximum Gasteiger partial charge on any atom is 0.123 e. The van der Waals surface area contributed by atoms with Crippen molar-refractivity contribution in [1.29, 1.82) is 5.26 Å². The van der Waals surface area contributed by atoms with Crippen molar-refractivity contribution in [2.75, 3.05) is 0 Å². The number of rotatable bonds is 1. The van der Waals surface area contributed by atoms with Gasteiger partial charge in [-0.1, -0.05) is 12.1 Å². The van der Waals surface area contributed by atoms with Gasteiger partial charge < -0.3 is 5.11 Å². The second-order valence-corrected chi connectivity index (χ2v) is 4.55. The second-order valence-electron chi connectivity index (χ2n) is 4.55. The van der Waals surface area contributed by atoms with E-state index in [2.05, 4.69) is 6.07 Å². The summed E-state index contributed by atoms with van der Waals surface area (Å²) in [4.78, 5) is 0. The van der Waals surface area contributed by atoms with Crippen LogP contribution in [-0.2, 0) is 5.41 Å². The molecule has 3 heteroatoms. The minimum Gasteiger partial charge on any atom is -0.390 e. The van der Waals surface area contributed by atoms with Crippen molar-refractivity contribution in [3.05, 3.63) is 35.6 Å². The third-order valence-electron chi connectivity index (χ3n) is 2.98. The summed E-state index contributed by atoms with van der Waals surface area (Å²) in [5.74, 6) is -0.307. The van der Waals surface area contributed by atoms with Crippen molar-refractivity contribution < 1.29 is 9.50 Å². The van der Waals surface area contributed by atoms with Crippen LogP contribution in [0.15, 0.2) is 24.3 Å². The molecular formula is C12H12FNO. The smallest absolute Gasteiger partial charge is 0.123 e. The molecule has 1 saturated carbocycles. The molecule has 0 atom stereocenters. The Kier molecular flexibility index (Phi) is 2.06. The van der Waals surface area contributed by atoms with Gasteiger partial charge in [-0.3, -0.25) is 0 Å². The van der Waals surface area contributed by atoms with E-state index < -0.39 is 11.0 Å². The molecule has 1 N–H and O–H groups in total. The van der Waals surface area contributed by atoms with Gasteiger partial charge in [0.2, 0.25) is 0 Å². The van der Waals surface area contributed by atoms with Gasteiger partial charge in [0.25, 0.3) is 0 Å². The van der Waals surface area contributed by atoms with Crippen LogP contribution in [0.1, 0.15) is 25.3 Å². The first-order valence-corrected chi connectivity index (χ1v) is 4.87. The maximum absolute atomic E-state index is 12.7. The van der Waals surface area contributed by atoms with E-state index in [4.69, 9.17) is 5.26 Å². The van der Waals surface area contributed by atoms with Gasteiger partial charge in [0.05, 0.1) is 17.1 Å². The third kappa shape index (κ3) is 1.62. The zero-order valence-corrected chi connectivity index (χ0v) is 8.50. The molecule has 0 bridgehead atoms. The Bertz CT molecular complexity index is 408. The average Bonchev–Trinajstić information content (AvgIpc) is 2.14. The number of benzene rings is 1. The van der Waals surface area contributed by atoms with E-state index >= 15 is 0 Å². The first kappa shape index (κ1) is 10.1. The third-order valence-corrected chi connectivity index (χ3v) is 2.98. The second kappa shape index (κ2) is 3.04. The molecule has 0 aliphatic heterocycles. The fraction of sp³-hybridized carbons (Fsp3) is 0.417. The average molecular weight is 205 g/mol. The minimum atomic E-state index is -0.760. The molecule has 2 nitrogen and oxygen atoms in total. The van der Waals surface area contributed by atoms with Crippen LogP contribution in [0.25, 0.3) is 0 Å². The van der Waals surface area contributed by atoms with Gasteiger partial charge in [0, 0.05) is 0 Å². The van der Waals surface area contributed by atoms with E-state index in [1.54, 1.807) is 19.1 Å². The molecule has 0 spiro atoms. The first-order valence-electron chi connectivity index (χ1n) is 4.87. The first-order chi connectivity index (χ1) is 6.97. The van der Waals surface area contributed by atoms with Crippen LogP contribution in [-0.4, -0.2) is 10.7 Å². The van der Waals surface area contributed by atoms with Crippen molar-refractivity contribution >= 4 is 0 Å². The van der Waals surface area contributed by atoms with Crippen LogP contribution in [0.3, 0.4) is 0 Å². The highest BCUT2D eigenvalue weighted by atomic mass is 19.1. The van der Waals surface area contributed by atoms with E-state index in [1.807, 2.05) is 0 Å². The molecule has 1 aliphatic carbocycles. The Morgan fingerprint density at radius 3 is 2.27 bits per heavy atom. The standard InChI is InChI=1S/C12H12FNO/c1-11(15)6-12(7-11,8-14)9-2-4-10(13)5-3-9/h2-5,15H,6-7H2,1H3. The molecule has 1 aromatic rings. The minimum absolute atomic E-state index is 0.307. The highest BCUT2D eigenvalue weighted by Gasteiger charge is 2.52. The van der Waals surface area contributed by atoms with Crippen LogP contribution < -0.4 is 0 Å². The topological polar surface area (TPSA) is 44.0 Å². The van der Waals surface area contributed by atoms with Crippen molar-refractivity contribution in [3.8, 4) is 6.07 Å². The maximum atomic E-state index is 12.7. The summed E-state index contributed by atoms with van der Waals surface area (Å²) in [6.07, 6.45) is 0.838. The Labute approximate surface area is 88.0 Å². The Morgan fingerprint density at radius 1 is 1.33 bits per heavy atom. The molecular weight excluding hydrogens is 193 g/mol. The predicted molar refractivity (Wildman–Crippen MR) is 53.5 cm³/mol. The molecule has 0 heterocycles. The van der Waals surface area contributed by atoms with E-state index in [0.29, 0.717) is 12.8 Å². The molecule has 1 aromatic carbocycles. The lowest BCUT2D eigenvalue weighted by atomic mass is 9.57. The molecule has 0 aromatic heterocycles. The molecule has 2 rings (SSSR count). The normalized spacial score (nSPS) is 34.3. The highest BCUT2D eigenvalue weighted by molar-refractivity contribution is 5.38. The van der Waals surface area contributed by atoms with Gasteiger partial charge in [-0.05, 0) is 37.5 Å². The summed E-state index contributed by atoms with van der Waals surface area (Å²) in [5.41, 5.74) is -0.598. The summed E-state index contributed by atoms with van der Waals surface area (Å²) >= 11 is 0. The van der Waals surface area contributed by atoms with Crippen molar-refractivity contribution in [2.45, 2.75) is 30.8 Å². The fourth-order valence-electron chi connectivity index (χ4n) is 2.37. The molecule has 15 heavy (non-hydrogen) atoms. The zero-order valence-electron chi connectivity index (χ0n) is 8.50. The van der Waals surface area contributed by atoms with Crippen LogP contribution in [0.2, 0.25) is 0 Å². The number of hydrogen-bond acceptors (Lipinski definition) is 2. The molecule has 0 radical (unpaired) electrons. The largest absolute Gasteiger partial charge is 0.390 e. The van der Waals surface area contributed by atoms with Crippen LogP contribution in [0.4, 0.5) is 4.39 Å². The number of nitriles is 1. The van der Waals surface area contributed by atoms with Crippen molar-refractivity contribution in [2.24, 2.45) is 0 Å². The van der Waals surface area contributed by atoms with Crippen LogP contribution in [0, 0.1) is 17.1 Å². The van der Waals surface area contributed by atoms with Gasteiger partial charge in [-0.15, -0.1) is 0 Å². The van der Waals surface area contributed by atoms with Crippen LogP contribution in [0.5, 0.6) is 0 Å². The SMILES string of the molecule is CC1(O)CC(C#N)(c2ccc(F)cc2)C1. The predicted octanol–water partition coefficient (Wildman–Crippen LogP) is 2.13. The number of aliphatic hydroxyl groups is 1. The molecule has 0 amide bonds. The molecule has 1 fully saturated rings. The summed E-state index contributed by atoms with van der Waals surface area (Å²) < 4.78 is 12.7. The molecule has 78 valence electrons. The van der Waals surface area contributed by atoms with E-state index in [-0.39, 0.29) is 5.82 Å². The van der Waals surface area contributed by atoms with Gasteiger partial charge >= 0.3 is 0 Å². The number of hydrogen-bond donors (Lipinski definition) is 1. The summed E-state index contributed by atoms with van der Waals surface area (Å²) in [5, 5.41) is 18.8. The van der Waals surface area contributed by atoms with Crippen molar-refractivity contribution in [3.63, 3.8) is 0 Å². The lowest BCUT2D eigenvalue weighted by molar-refractivity contribution is -0.0556. The van der Waals surface area contributed by atoms with E-state index in [1.165, 1.54) is 12.1 Å². The number of halogens is 1. The monoisotopic (exact) mass is 205 g/mol. The van der Waals surface area contributed by atoms with Crippen molar-refractivity contribution in [1.82, 2.24) is 0 Å². The Morgan fingerprint density at radius 2 is 1.87 bits per heavy atom. The summed E-state index contributed by atoms with van der Waals surface area (Å²) in [6.45, 7) is 1.71. The van der Waals surface area contributed by atoms with Gasteiger partial charge in [0.1, 0.15) is 5.82 Å². The quantitative estimate of drug-likeness (QED) is 0.763. The lowest BCUT2D eigenvalue weighted by Gasteiger charge is -2.47.